The number of aliphatic carboxylic acids is 1. The fourth-order valence-electron chi connectivity index (χ4n) is 1.44. The number of tetrazole rings is 1. The lowest BCUT2D eigenvalue weighted by Gasteiger charge is -2.00. The Morgan fingerprint density at radius 3 is 3.15 bits per heavy atom. The van der Waals surface area contributed by atoms with Crippen molar-refractivity contribution in [2.24, 2.45) is 0 Å². The highest BCUT2D eigenvalue weighted by Crippen LogP contribution is 2.23. The number of rotatable bonds is 4. The first-order valence-electron chi connectivity index (χ1n) is 5.22. The molecule has 3 aromatic heterocycles. The summed E-state index contributed by atoms with van der Waals surface area (Å²) in [6.07, 6.45) is 1.31. The summed E-state index contributed by atoms with van der Waals surface area (Å²) in [6, 6.07) is 1.56. The fourth-order valence-corrected chi connectivity index (χ4v) is 2.17. The van der Waals surface area contributed by atoms with Gasteiger partial charge in [0.15, 0.2) is 5.65 Å². The van der Waals surface area contributed by atoms with Gasteiger partial charge in [0.25, 0.3) is 0 Å². The Morgan fingerprint density at radius 2 is 2.35 bits per heavy atom. The van der Waals surface area contributed by atoms with E-state index in [1.54, 1.807) is 6.07 Å². The highest BCUT2D eigenvalue weighted by atomic mass is 32.2. The van der Waals surface area contributed by atoms with E-state index in [9.17, 15) is 9.59 Å². The van der Waals surface area contributed by atoms with Gasteiger partial charge in [-0.05, 0) is 22.2 Å². The van der Waals surface area contributed by atoms with Crippen molar-refractivity contribution in [2.45, 2.75) is 16.7 Å². The molecule has 11 nitrogen and oxygen atoms in total. The van der Waals surface area contributed by atoms with Gasteiger partial charge in [0, 0.05) is 6.07 Å². The molecule has 0 unspecified atom stereocenters. The van der Waals surface area contributed by atoms with E-state index in [0.29, 0.717) is 10.7 Å². The van der Waals surface area contributed by atoms with Crippen LogP contribution in [0.5, 0.6) is 0 Å². The number of aromatic amines is 1. The molecule has 3 heterocycles. The van der Waals surface area contributed by atoms with Crippen LogP contribution in [0.2, 0.25) is 0 Å². The van der Waals surface area contributed by atoms with Gasteiger partial charge in [0.05, 0.1) is 0 Å². The summed E-state index contributed by atoms with van der Waals surface area (Å²) >= 11 is 1.07. The third-order valence-electron chi connectivity index (χ3n) is 2.26. The molecule has 0 aliphatic rings. The summed E-state index contributed by atoms with van der Waals surface area (Å²) in [4.78, 5) is 26.0. The van der Waals surface area contributed by atoms with Gasteiger partial charge in [-0.15, -0.1) is 5.10 Å². The SMILES string of the molecule is O=C(O)Cn1nnnc1Sc1cc2n[nH]c(=O)n2cn1. The summed E-state index contributed by atoms with van der Waals surface area (Å²) in [5.74, 6) is -1.05. The Bertz CT molecular complexity index is 835. The minimum absolute atomic E-state index is 0.280. The average Bonchev–Trinajstić information content (AvgIpc) is 2.97. The van der Waals surface area contributed by atoms with Crippen LogP contribution in [-0.2, 0) is 11.3 Å². The van der Waals surface area contributed by atoms with E-state index in [0.717, 1.165) is 16.4 Å². The lowest BCUT2D eigenvalue weighted by molar-refractivity contribution is -0.138. The summed E-state index contributed by atoms with van der Waals surface area (Å²) in [5, 5.41) is 26.3. The van der Waals surface area contributed by atoms with E-state index in [1.807, 2.05) is 0 Å². The minimum atomic E-state index is -1.05. The van der Waals surface area contributed by atoms with E-state index < -0.39 is 5.97 Å². The van der Waals surface area contributed by atoms with Crippen LogP contribution < -0.4 is 5.69 Å². The van der Waals surface area contributed by atoms with Gasteiger partial charge in [-0.3, -0.25) is 4.79 Å². The number of nitrogens with zero attached hydrogens (tertiary/aromatic N) is 7. The number of carbonyl (C=O) groups is 1. The van der Waals surface area contributed by atoms with E-state index >= 15 is 0 Å². The Hall–Kier alpha value is -2.76. The van der Waals surface area contributed by atoms with Gasteiger partial charge < -0.3 is 5.11 Å². The second kappa shape index (κ2) is 4.73. The zero-order valence-corrected chi connectivity index (χ0v) is 10.5. The summed E-state index contributed by atoms with van der Waals surface area (Å²) < 4.78 is 2.37. The molecule has 0 amide bonds. The molecule has 12 heteroatoms. The molecule has 2 N–H and O–H groups in total. The molecule has 0 aliphatic carbocycles. The Balaban J connectivity index is 1.91. The third-order valence-corrected chi connectivity index (χ3v) is 3.17. The Morgan fingerprint density at radius 1 is 1.50 bits per heavy atom. The number of carboxylic acids is 1. The van der Waals surface area contributed by atoms with Crippen LogP contribution in [0.1, 0.15) is 0 Å². The van der Waals surface area contributed by atoms with Crippen molar-refractivity contribution >= 4 is 23.4 Å². The monoisotopic (exact) mass is 294 g/mol. The molecule has 0 fully saturated rings. The first kappa shape index (κ1) is 12.3. The van der Waals surface area contributed by atoms with Crippen LogP contribution in [0.4, 0.5) is 0 Å². The molecule has 0 saturated heterocycles. The lowest BCUT2D eigenvalue weighted by atomic mass is 10.6. The number of fused-ring (bicyclic) bond motifs is 1. The second-order valence-corrected chi connectivity index (χ2v) is 4.59. The van der Waals surface area contributed by atoms with Crippen LogP contribution in [0.15, 0.2) is 27.4 Å². The van der Waals surface area contributed by atoms with Gasteiger partial charge in [0.2, 0.25) is 5.16 Å². The Kier molecular flexibility index (Phi) is 2.90. The number of aromatic nitrogens is 8. The van der Waals surface area contributed by atoms with Gasteiger partial charge in [-0.25, -0.2) is 24.0 Å². The number of hydrogen-bond acceptors (Lipinski definition) is 8. The summed E-state index contributed by atoms with van der Waals surface area (Å²) in [7, 11) is 0. The number of nitrogens with one attached hydrogen (secondary N) is 1. The molecule has 20 heavy (non-hydrogen) atoms. The summed E-state index contributed by atoms with van der Waals surface area (Å²) in [5.41, 5.74) is 0.00418. The minimum Gasteiger partial charge on any atom is -0.480 e. The van der Waals surface area contributed by atoms with Crippen LogP contribution in [0.25, 0.3) is 5.65 Å². The molecular weight excluding hydrogens is 288 g/mol. The first-order chi connectivity index (χ1) is 9.63. The van der Waals surface area contributed by atoms with Crippen molar-refractivity contribution in [3.8, 4) is 0 Å². The smallest absolute Gasteiger partial charge is 0.348 e. The lowest BCUT2D eigenvalue weighted by Crippen LogP contribution is -2.11. The predicted octanol–water partition coefficient (Wildman–Crippen LogP) is -1.36. The zero-order valence-electron chi connectivity index (χ0n) is 9.66. The zero-order chi connectivity index (χ0) is 14.1. The Labute approximate surface area is 113 Å². The number of hydrogen-bond donors (Lipinski definition) is 2. The van der Waals surface area contributed by atoms with E-state index in [4.69, 9.17) is 5.11 Å². The maximum atomic E-state index is 11.3. The first-order valence-corrected chi connectivity index (χ1v) is 6.04. The molecule has 0 aromatic carbocycles. The molecule has 0 bridgehead atoms. The van der Waals surface area contributed by atoms with Crippen molar-refractivity contribution in [2.75, 3.05) is 0 Å². The third kappa shape index (κ3) is 2.23. The van der Waals surface area contributed by atoms with Crippen LogP contribution in [0.3, 0.4) is 0 Å². The normalized spacial score (nSPS) is 11.0. The molecule has 0 saturated carbocycles. The van der Waals surface area contributed by atoms with E-state index in [1.165, 1.54) is 10.7 Å². The molecule has 102 valence electrons. The second-order valence-electron chi connectivity index (χ2n) is 3.60. The number of carboxylic acid groups (broad SMARTS) is 1. The van der Waals surface area contributed by atoms with Crippen LogP contribution in [0, 0.1) is 0 Å². The molecule has 3 rings (SSSR count). The van der Waals surface area contributed by atoms with Crippen molar-refractivity contribution in [1.82, 2.24) is 39.8 Å². The standard InChI is InChI=1S/C8H6N8O3S/c17-6(18)2-16-8(12-13-14-16)20-5-1-4-10-11-7(19)15(4)3-9-5/h1,3H,2H2,(H,11,19)(H,17,18). The van der Waals surface area contributed by atoms with Gasteiger partial charge >= 0.3 is 11.7 Å². The predicted molar refractivity (Wildman–Crippen MR) is 63.2 cm³/mol. The van der Waals surface area contributed by atoms with Crippen molar-refractivity contribution < 1.29 is 9.90 Å². The van der Waals surface area contributed by atoms with Crippen molar-refractivity contribution in [3.05, 3.63) is 22.9 Å². The molecular formula is C8H6N8O3S. The van der Waals surface area contributed by atoms with Crippen LogP contribution in [-0.4, -0.2) is 50.9 Å². The maximum absolute atomic E-state index is 11.3. The van der Waals surface area contributed by atoms with Crippen molar-refractivity contribution in [3.63, 3.8) is 0 Å². The molecule has 3 aromatic rings. The highest BCUT2D eigenvalue weighted by Gasteiger charge is 2.12. The maximum Gasteiger partial charge on any atom is 0.348 e. The average molecular weight is 294 g/mol. The topological polar surface area (TPSA) is 144 Å². The van der Waals surface area contributed by atoms with Gasteiger partial charge in [0.1, 0.15) is 17.9 Å². The molecule has 0 spiro atoms. The van der Waals surface area contributed by atoms with E-state index in [2.05, 4.69) is 30.7 Å². The summed E-state index contributed by atoms with van der Waals surface area (Å²) in [6.45, 7) is -0.348. The number of H-pyrrole nitrogens is 1. The van der Waals surface area contributed by atoms with E-state index in [-0.39, 0.29) is 17.4 Å². The fraction of sp³-hybridized carbons (Fsp3) is 0.125. The van der Waals surface area contributed by atoms with Crippen molar-refractivity contribution in [1.29, 1.82) is 0 Å². The van der Waals surface area contributed by atoms with Gasteiger partial charge in [-0.2, -0.15) is 5.10 Å². The quantitative estimate of drug-likeness (QED) is 0.557. The molecule has 0 radical (unpaired) electrons. The highest BCUT2D eigenvalue weighted by molar-refractivity contribution is 7.99. The van der Waals surface area contributed by atoms with Crippen LogP contribution >= 0.6 is 11.8 Å². The molecule has 0 atom stereocenters. The van der Waals surface area contributed by atoms with Gasteiger partial charge in [-0.1, -0.05) is 0 Å². The molecule has 0 aliphatic heterocycles. The largest absolute Gasteiger partial charge is 0.480 e.